The van der Waals surface area contributed by atoms with E-state index in [1.807, 2.05) is 78.9 Å². The number of nitrogens with zero attached hydrogens (tertiary/aromatic N) is 5. The van der Waals surface area contributed by atoms with Crippen LogP contribution in [0.3, 0.4) is 0 Å². The number of anilines is 1. The molecule has 2 aromatic heterocycles. The Bertz CT molecular complexity index is 2280. The monoisotopic (exact) mass is 869 g/mol. The van der Waals surface area contributed by atoms with Gasteiger partial charge in [-0.05, 0) is 68.7 Å². The molecular formula is C45H56N7O9P. The molecule has 5 atom stereocenters. The number of imidazole rings is 1. The fourth-order valence-corrected chi connectivity index (χ4v) is 9.33. The molecule has 0 saturated carbocycles. The van der Waals surface area contributed by atoms with E-state index in [9.17, 15) is 14.9 Å². The Labute approximate surface area is 363 Å². The lowest BCUT2D eigenvalue weighted by Gasteiger charge is -2.39. The molecule has 6 rings (SSSR count). The molecule has 0 radical (unpaired) electrons. The van der Waals surface area contributed by atoms with Crippen LogP contribution in [-0.4, -0.2) is 95.0 Å². The third-order valence-electron chi connectivity index (χ3n) is 10.5. The molecule has 5 aromatic rings. The lowest BCUT2D eigenvalue weighted by Crippen LogP contribution is -2.42. The SMILES string of the molecule is COc1ccc(C(OC[C@H]2O[C@@H](n3cnc4c(=O)[nH]c(NC(=O)C(C)C)nc43)[C@H](OC)[C@@H]2OP(OCCC#N)N(C(C)C)C(C)C)(c2ccccc2)c2ccc(OC)cc2)cc1. The number of aromatic nitrogens is 4. The van der Waals surface area contributed by atoms with E-state index in [4.69, 9.17) is 32.7 Å². The zero-order valence-corrected chi connectivity index (χ0v) is 37.5. The molecule has 17 heteroatoms. The minimum Gasteiger partial charge on any atom is -0.497 e. The number of ether oxygens (including phenoxy) is 5. The van der Waals surface area contributed by atoms with Crippen LogP contribution < -0.4 is 20.3 Å². The van der Waals surface area contributed by atoms with Gasteiger partial charge in [0.15, 0.2) is 17.4 Å². The van der Waals surface area contributed by atoms with Gasteiger partial charge in [0.25, 0.3) is 14.1 Å². The first-order valence-electron chi connectivity index (χ1n) is 20.6. The highest BCUT2D eigenvalue weighted by Gasteiger charge is 2.51. The molecule has 0 aliphatic carbocycles. The number of methoxy groups -OCH3 is 3. The van der Waals surface area contributed by atoms with Gasteiger partial charge >= 0.3 is 0 Å². The molecule has 2 N–H and O–H groups in total. The van der Waals surface area contributed by atoms with Crippen molar-refractivity contribution in [1.82, 2.24) is 24.2 Å². The van der Waals surface area contributed by atoms with Gasteiger partial charge in [-0.1, -0.05) is 68.4 Å². The van der Waals surface area contributed by atoms with Gasteiger partial charge in [0, 0.05) is 25.1 Å². The van der Waals surface area contributed by atoms with E-state index in [0.29, 0.717) is 11.5 Å². The van der Waals surface area contributed by atoms with Crippen LogP contribution in [0.4, 0.5) is 5.95 Å². The minimum absolute atomic E-state index is 0.000808. The second-order valence-corrected chi connectivity index (χ2v) is 17.0. The van der Waals surface area contributed by atoms with Gasteiger partial charge in [-0.15, -0.1) is 0 Å². The van der Waals surface area contributed by atoms with E-state index in [-0.39, 0.29) is 60.7 Å². The Morgan fingerprint density at radius 2 is 1.52 bits per heavy atom. The zero-order chi connectivity index (χ0) is 44.6. The van der Waals surface area contributed by atoms with Gasteiger partial charge in [-0.3, -0.25) is 24.5 Å². The number of benzene rings is 3. The second-order valence-electron chi connectivity index (χ2n) is 15.6. The largest absolute Gasteiger partial charge is 0.497 e. The fraction of sp³-hybridized carbons (Fsp3) is 0.444. The Hall–Kier alpha value is -5.24. The molecule has 0 bridgehead atoms. The van der Waals surface area contributed by atoms with Gasteiger partial charge in [0.1, 0.15) is 35.4 Å². The van der Waals surface area contributed by atoms with Crippen molar-refractivity contribution < 1.29 is 37.5 Å². The van der Waals surface area contributed by atoms with Crippen molar-refractivity contribution in [3.8, 4) is 17.6 Å². The number of H-pyrrole nitrogens is 1. The summed E-state index contributed by atoms with van der Waals surface area (Å²) in [5, 5.41) is 12.1. The molecule has 1 unspecified atom stereocenters. The molecule has 1 amide bonds. The van der Waals surface area contributed by atoms with Crippen LogP contribution >= 0.6 is 8.53 Å². The maximum absolute atomic E-state index is 13.3. The fourth-order valence-electron chi connectivity index (χ4n) is 7.56. The quantitative estimate of drug-likeness (QED) is 0.0451. The third kappa shape index (κ3) is 9.85. The number of nitrogens with one attached hydrogen (secondary N) is 2. The Balaban J connectivity index is 1.50. The first-order chi connectivity index (χ1) is 29.9. The van der Waals surface area contributed by atoms with Crippen molar-refractivity contribution in [1.29, 1.82) is 5.26 Å². The molecule has 330 valence electrons. The summed E-state index contributed by atoms with van der Waals surface area (Å²) < 4.78 is 49.0. The number of aromatic amines is 1. The Morgan fingerprint density at radius 1 is 0.919 bits per heavy atom. The standard InChI is InChI=1S/C45H56N7O9P/c1-28(2)41(53)49-44-48-40-37(42(54)50-44)47-27-51(40)43-39(57-9)38(61-62(59-25-13-24-46)52(29(3)4)30(5)6)36(60-43)26-58-45(31-14-11-10-12-15-31,32-16-20-34(55-7)21-17-32)33-18-22-35(56-8)23-19-33/h10-12,14-23,27-30,36,38-39,43H,13,25-26H2,1-9H3,(H2,48,49,50,53,54)/t36-,38-,39-,43-,62?/m1/s1. The van der Waals surface area contributed by atoms with E-state index in [1.165, 1.54) is 6.33 Å². The lowest BCUT2D eigenvalue weighted by molar-refractivity contribution is -0.118. The molecule has 1 saturated heterocycles. The van der Waals surface area contributed by atoms with Crippen molar-refractivity contribution in [2.75, 3.05) is 39.9 Å². The maximum atomic E-state index is 13.3. The highest BCUT2D eigenvalue weighted by atomic mass is 31.2. The summed E-state index contributed by atoms with van der Waals surface area (Å²) in [6.45, 7) is 11.8. The molecular weight excluding hydrogens is 814 g/mol. The van der Waals surface area contributed by atoms with Gasteiger partial charge in [0.05, 0.1) is 46.3 Å². The van der Waals surface area contributed by atoms with Gasteiger partial charge in [0.2, 0.25) is 11.9 Å². The molecule has 3 heterocycles. The number of rotatable bonds is 20. The molecule has 1 fully saturated rings. The van der Waals surface area contributed by atoms with E-state index >= 15 is 0 Å². The number of hydrogen-bond donors (Lipinski definition) is 2. The van der Waals surface area contributed by atoms with Crippen LogP contribution in [0.2, 0.25) is 0 Å². The van der Waals surface area contributed by atoms with Crippen molar-refractivity contribution in [2.24, 2.45) is 5.92 Å². The molecule has 0 spiro atoms. The lowest BCUT2D eigenvalue weighted by atomic mass is 9.80. The van der Waals surface area contributed by atoms with E-state index in [1.54, 1.807) is 39.7 Å². The smallest absolute Gasteiger partial charge is 0.280 e. The van der Waals surface area contributed by atoms with Crippen LogP contribution in [-0.2, 0) is 33.7 Å². The first-order valence-corrected chi connectivity index (χ1v) is 21.7. The van der Waals surface area contributed by atoms with E-state index in [0.717, 1.165) is 16.7 Å². The summed E-state index contributed by atoms with van der Waals surface area (Å²) >= 11 is 0. The molecule has 16 nitrogen and oxygen atoms in total. The van der Waals surface area contributed by atoms with Crippen molar-refractivity contribution in [2.45, 2.75) is 90.2 Å². The first kappa shape index (κ1) is 46.3. The zero-order valence-electron chi connectivity index (χ0n) is 36.6. The van der Waals surface area contributed by atoms with Crippen molar-refractivity contribution in [3.63, 3.8) is 0 Å². The molecule has 1 aliphatic rings. The van der Waals surface area contributed by atoms with Gasteiger partial charge in [-0.2, -0.15) is 10.2 Å². The average Bonchev–Trinajstić information content (AvgIpc) is 3.85. The highest BCUT2D eigenvalue weighted by Crippen LogP contribution is 2.51. The summed E-state index contributed by atoms with van der Waals surface area (Å²) in [4.78, 5) is 37.7. The average molecular weight is 870 g/mol. The van der Waals surface area contributed by atoms with Crippen LogP contribution in [0.1, 0.15) is 70.9 Å². The van der Waals surface area contributed by atoms with Crippen LogP contribution in [0.15, 0.2) is 90.0 Å². The van der Waals surface area contributed by atoms with Crippen molar-refractivity contribution in [3.05, 3.63) is 112 Å². The Kier molecular flexibility index (Phi) is 15.5. The molecule has 62 heavy (non-hydrogen) atoms. The maximum Gasteiger partial charge on any atom is 0.280 e. The number of amides is 1. The Morgan fingerprint density at radius 3 is 2.05 bits per heavy atom. The van der Waals surface area contributed by atoms with Crippen molar-refractivity contribution >= 4 is 31.5 Å². The van der Waals surface area contributed by atoms with Gasteiger partial charge in [-0.25, -0.2) is 9.65 Å². The topological polar surface area (TPSA) is 184 Å². The van der Waals surface area contributed by atoms with Crippen LogP contribution in [0.25, 0.3) is 11.2 Å². The summed E-state index contributed by atoms with van der Waals surface area (Å²) in [7, 11) is 2.99. The van der Waals surface area contributed by atoms with Gasteiger partial charge < -0.3 is 32.7 Å². The number of carbonyl (C=O) groups is 1. The molecule has 1 aliphatic heterocycles. The second kappa shape index (κ2) is 20.8. The molecule has 3 aromatic carbocycles. The number of hydrogen-bond acceptors (Lipinski definition) is 13. The summed E-state index contributed by atoms with van der Waals surface area (Å²) in [6.07, 6.45) is -1.86. The van der Waals surface area contributed by atoms with E-state index in [2.05, 4.69) is 58.7 Å². The minimum atomic E-state index is -1.81. The van der Waals surface area contributed by atoms with E-state index < -0.39 is 44.2 Å². The summed E-state index contributed by atoms with van der Waals surface area (Å²) in [6, 6.07) is 27.5. The summed E-state index contributed by atoms with van der Waals surface area (Å²) in [5.74, 6) is 0.640. The normalized spacial score (nSPS) is 18.5. The predicted octanol–water partition coefficient (Wildman–Crippen LogP) is 7.31. The summed E-state index contributed by atoms with van der Waals surface area (Å²) in [5.41, 5.74) is 0.934. The number of carbonyl (C=O) groups excluding carboxylic acids is 1. The highest BCUT2D eigenvalue weighted by molar-refractivity contribution is 7.44. The predicted molar refractivity (Wildman–Crippen MR) is 235 cm³/mol. The number of fused-ring (bicyclic) bond motifs is 1. The third-order valence-corrected chi connectivity index (χ3v) is 12.7. The van der Waals surface area contributed by atoms with Crippen LogP contribution in [0, 0.1) is 17.2 Å². The number of nitriles is 1. The van der Waals surface area contributed by atoms with Crippen LogP contribution in [0.5, 0.6) is 11.5 Å².